The van der Waals surface area contributed by atoms with Gasteiger partial charge in [0.25, 0.3) is 0 Å². The molecule has 1 atom stereocenters. The zero-order valence-corrected chi connectivity index (χ0v) is 13.3. The van der Waals surface area contributed by atoms with Gasteiger partial charge in [-0.15, -0.1) is 0 Å². The summed E-state index contributed by atoms with van der Waals surface area (Å²) in [6.07, 6.45) is 0.0257. The van der Waals surface area contributed by atoms with Crippen molar-refractivity contribution in [2.45, 2.75) is 40.2 Å². The summed E-state index contributed by atoms with van der Waals surface area (Å²) >= 11 is 6.27. The molecule has 2 heteroatoms. The number of aliphatic hydroxyl groups excluding tert-OH is 1. The summed E-state index contributed by atoms with van der Waals surface area (Å²) in [4.78, 5) is 0. The molecule has 0 aromatic heterocycles. The Kier molecular flexibility index (Phi) is 4.52. The van der Waals surface area contributed by atoms with Crippen LogP contribution < -0.4 is 0 Å². The zero-order valence-electron chi connectivity index (χ0n) is 12.5. The van der Waals surface area contributed by atoms with Gasteiger partial charge in [-0.1, -0.05) is 41.4 Å². The van der Waals surface area contributed by atoms with Crippen molar-refractivity contribution < 1.29 is 5.11 Å². The minimum Gasteiger partial charge on any atom is -0.388 e. The Balaban J connectivity index is 2.30. The van der Waals surface area contributed by atoms with Crippen molar-refractivity contribution in [3.63, 3.8) is 0 Å². The fourth-order valence-electron chi connectivity index (χ4n) is 2.40. The highest BCUT2D eigenvalue weighted by Gasteiger charge is 2.15. The Bertz CT molecular complexity index is 632. The van der Waals surface area contributed by atoms with Gasteiger partial charge < -0.3 is 5.11 Å². The highest BCUT2D eigenvalue weighted by molar-refractivity contribution is 6.31. The van der Waals surface area contributed by atoms with Crippen LogP contribution in [0.2, 0.25) is 5.02 Å². The minimum absolute atomic E-state index is 0.567. The predicted octanol–water partition coefficient (Wildman–Crippen LogP) is 4.85. The largest absolute Gasteiger partial charge is 0.388 e. The van der Waals surface area contributed by atoms with Gasteiger partial charge in [0.15, 0.2) is 0 Å². The molecule has 0 aliphatic heterocycles. The van der Waals surface area contributed by atoms with E-state index in [4.69, 9.17) is 11.6 Å². The number of hydrogen-bond acceptors (Lipinski definition) is 1. The smallest absolute Gasteiger partial charge is 0.0844 e. The molecule has 1 nitrogen and oxygen atoms in total. The number of aryl methyl sites for hydroxylation is 4. The summed E-state index contributed by atoms with van der Waals surface area (Å²) in [7, 11) is 0. The molecular weight excluding hydrogens is 268 g/mol. The van der Waals surface area contributed by atoms with E-state index >= 15 is 0 Å². The molecule has 20 heavy (non-hydrogen) atoms. The first-order valence-corrected chi connectivity index (χ1v) is 7.27. The van der Waals surface area contributed by atoms with Gasteiger partial charge in [-0.2, -0.15) is 0 Å². The topological polar surface area (TPSA) is 20.2 Å². The van der Waals surface area contributed by atoms with Crippen LogP contribution in [0.5, 0.6) is 0 Å². The molecule has 0 spiro atoms. The number of halogens is 1. The summed E-state index contributed by atoms with van der Waals surface area (Å²) in [6.45, 7) is 8.21. The first-order chi connectivity index (χ1) is 9.38. The monoisotopic (exact) mass is 288 g/mol. The van der Waals surface area contributed by atoms with Crippen LogP contribution in [0.25, 0.3) is 0 Å². The molecule has 2 rings (SSSR count). The molecule has 0 saturated carbocycles. The molecular formula is C18H21ClO. The summed E-state index contributed by atoms with van der Waals surface area (Å²) in [5.41, 5.74) is 6.71. The Morgan fingerprint density at radius 1 is 0.950 bits per heavy atom. The lowest BCUT2D eigenvalue weighted by atomic mass is 9.95. The maximum absolute atomic E-state index is 10.5. The SMILES string of the molecule is Cc1ccc(C)c(CC(O)c2cc(C)c(C)cc2Cl)c1. The van der Waals surface area contributed by atoms with Gasteiger partial charge in [-0.25, -0.2) is 0 Å². The van der Waals surface area contributed by atoms with E-state index < -0.39 is 6.10 Å². The molecule has 0 aliphatic carbocycles. The van der Waals surface area contributed by atoms with Gasteiger partial charge in [0.05, 0.1) is 6.10 Å². The van der Waals surface area contributed by atoms with E-state index in [0.717, 1.165) is 16.7 Å². The average molecular weight is 289 g/mol. The molecule has 0 saturated heterocycles. The second-order valence-corrected chi connectivity index (χ2v) is 6.02. The van der Waals surface area contributed by atoms with Crippen LogP contribution in [0.3, 0.4) is 0 Å². The molecule has 0 bridgehead atoms. The lowest BCUT2D eigenvalue weighted by Gasteiger charge is -2.16. The Labute approximate surface area is 126 Å². The Morgan fingerprint density at radius 2 is 1.60 bits per heavy atom. The predicted molar refractivity (Wildman–Crippen MR) is 85.5 cm³/mol. The van der Waals surface area contributed by atoms with Crippen molar-refractivity contribution in [3.8, 4) is 0 Å². The van der Waals surface area contributed by atoms with E-state index in [2.05, 4.69) is 32.0 Å². The van der Waals surface area contributed by atoms with Crippen LogP contribution in [-0.2, 0) is 6.42 Å². The van der Waals surface area contributed by atoms with Gasteiger partial charge in [0.2, 0.25) is 0 Å². The van der Waals surface area contributed by atoms with E-state index in [1.54, 1.807) is 0 Å². The third kappa shape index (κ3) is 3.23. The molecule has 1 unspecified atom stereocenters. The molecule has 106 valence electrons. The quantitative estimate of drug-likeness (QED) is 0.856. The zero-order chi connectivity index (χ0) is 14.9. The molecule has 0 amide bonds. The van der Waals surface area contributed by atoms with Crippen LogP contribution in [0.15, 0.2) is 30.3 Å². The van der Waals surface area contributed by atoms with Crippen molar-refractivity contribution in [1.29, 1.82) is 0 Å². The summed E-state index contributed by atoms with van der Waals surface area (Å²) in [5, 5.41) is 11.1. The van der Waals surface area contributed by atoms with Crippen LogP contribution in [-0.4, -0.2) is 5.11 Å². The van der Waals surface area contributed by atoms with E-state index in [1.807, 2.05) is 26.0 Å². The van der Waals surface area contributed by atoms with E-state index in [-0.39, 0.29) is 0 Å². The second-order valence-electron chi connectivity index (χ2n) is 5.61. The molecule has 2 aromatic rings. The standard InChI is InChI=1S/C18H21ClO/c1-11-5-6-12(2)15(7-11)10-18(20)16-8-13(3)14(4)9-17(16)19/h5-9,18,20H,10H2,1-4H3. The van der Waals surface area contributed by atoms with Crippen molar-refractivity contribution in [2.24, 2.45) is 0 Å². The Hall–Kier alpha value is -1.31. The van der Waals surface area contributed by atoms with Crippen LogP contribution >= 0.6 is 11.6 Å². The van der Waals surface area contributed by atoms with Crippen molar-refractivity contribution in [1.82, 2.24) is 0 Å². The highest BCUT2D eigenvalue weighted by atomic mass is 35.5. The normalized spacial score (nSPS) is 12.5. The third-order valence-electron chi connectivity index (χ3n) is 3.89. The summed E-state index contributed by atoms with van der Waals surface area (Å²) in [6, 6.07) is 10.2. The van der Waals surface area contributed by atoms with Crippen molar-refractivity contribution in [3.05, 3.63) is 68.7 Å². The minimum atomic E-state index is -0.567. The van der Waals surface area contributed by atoms with Gasteiger partial charge in [0.1, 0.15) is 0 Å². The number of aliphatic hydroxyl groups is 1. The lowest BCUT2D eigenvalue weighted by molar-refractivity contribution is 0.178. The van der Waals surface area contributed by atoms with Crippen LogP contribution in [0, 0.1) is 27.7 Å². The summed E-state index contributed by atoms with van der Waals surface area (Å²) < 4.78 is 0. The van der Waals surface area contributed by atoms with Crippen LogP contribution in [0.4, 0.5) is 0 Å². The second kappa shape index (κ2) is 5.99. The maximum atomic E-state index is 10.5. The van der Waals surface area contributed by atoms with Gasteiger partial charge in [-0.3, -0.25) is 0 Å². The van der Waals surface area contributed by atoms with E-state index in [9.17, 15) is 5.11 Å². The average Bonchev–Trinajstić information content (AvgIpc) is 2.38. The molecule has 0 radical (unpaired) electrons. The fourth-order valence-corrected chi connectivity index (χ4v) is 2.74. The number of hydrogen-bond donors (Lipinski definition) is 1. The molecule has 0 heterocycles. The van der Waals surface area contributed by atoms with Gasteiger partial charge >= 0.3 is 0 Å². The van der Waals surface area contributed by atoms with Gasteiger partial charge in [0, 0.05) is 11.4 Å². The maximum Gasteiger partial charge on any atom is 0.0844 e. The lowest BCUT2D eigenvalue weighted by Crippen LogP contribution is -2.05. The summed E-state index contributed by atoms with van der Waals surface area (Å²) in [5.74, 6) is 0. The number of benzene rings is 2. The van der Waals surface area contributed by atoms with Crippen LogP contribution in [0.1, 0.15) is 39.5 Å². The van der Waals surface area contributed by atoms with Crippen molar-refractivity contribution >= 4 is 11.6 Å². The number of rotatable bonds is 3. The highest BCUT2D eigenvalue weighted by Crippen LogP contribution is 2.29. The van der Waals surface area contributed by atoms with Crippen molar-refractivity contribution in [2.75, 3.05) is 0 Å². The van der Waals surface area contributed by atoms with E-state index in [1.165, 1.54) is 16.7 Å². The molecule has 1 N–H and O–H groups in total. The molecule has 0 aliphatic rings. The fraction of sp³-hybridized carbons (Fsp3) is 0.333. The molecule has 2 aromatic carbocycles. The first-order valence-electron chi connectivity index (χ1n) is 6.89. The Morgan fingerprint density at radius 3 is 2.30 bits per heavy atom. The van der Waals surface area contributed by atoms with Gasteiger partial charge in [-0.05, 0) is 61.6 Å². The molecule has 0 fully saturated rings. The van der Waals surface area contributed by atoms with E-state index in [0.29, 0.717) is 11.4 Å². The first kappa shape index (κ1) is 15.1. The third-order valence-corrected chi connectivity index (χ3v) is 4.22.